The number of hydrogen-bond donors (Lipinski definition) is 0. The summed E-state index contributed by atoms with van der Waals surface area (Å²) in [5.74, 6) is 1.53. The summed E-state index contributed by atoms with van der Waals surface area (Å²) >= 11 is 0. The summed E-state index contributed by atoms with van der Waals surface area (Å²) in [5, 5.41) is 0. The van der Waals surface area contributed by atoms with Crippen LogP contribution in [0.2, 0.25) is 0 Å². The molecule has 0 saturated carbocycles. The third-order valence-corrected chi connectivity index (χ3v) is 6.15. The van der Waals surface area contributed by atoms with Gasteiger partial charge in [-0.05, 0) is 75.0 Å². The summed E-state index contributed by atoms with van der Waals surface area (Å²) in [6.45, 7) is 4.34. The number of rotatable bonds is 5. The number of aromatic nitrogens is 1. The van der Waals surface area contributed by atoms with Gasteiger partial charge in [-0.15, -0.1) is 0 Å². The van der Waals surface area contributed by atoms with Crippen LogP contribution in [0.15, 0.2) is 42.5 Å². The number of hydrogen-bond acceptors (Lipinski definition) is 4. The van der Waals surface area contributed by atoms with E-state index in [-0.39, 0.29) is 0 Å². The molecule has 0 spiro atoms. The second-order valence-corrected chi connectivity index (χ2v) is 8.19. The van der Waals surface area contributed by atoms with Gasteiger partial charge in [0.25, 0.3) is 0 Å². The molecule has 0 N–H and O–H groups in total. The predicted octanol–water partition coefficient (Wildman–Crippen LogP) is 3.95. The van der Waals surface area contributed by atoms with Gasteiger partial charge in [0.2, 0.25) is 5.91 Å². The first-order chi connectivity index (χ1) is 14.2. The van der Waals surface area contributed by atoms with Crippen molar-refractivity contribution in [3.63, 3.8) is 0 Å². The molecule has 0 unspecified atom stereocenters. The highest BCUT2D eigenvalue weighted by atomic mass is 16.5. The topological polar surface area (TPSA) is 45.7 Å². The zero-order chi connectivity index (χ0) is 20.1. The van der Waals surface area contributed by atoms with Gasteiger partial charge in [0.05, 0.1) is 19.3 Å². The molecule has 1 aromatic carbocycles. The Bertz CT molecular complexity index is 815. The van der Waals surface area contributed by atoms with Crippen LogP contribution >= 0.6 is 0 Å². The van der Waals surface area contributed by atoms with E-state index in [0.717, 1.165) is 74.6 Å². The lowest BCUT2D eigenvalue weighted by atomic mass is 9.93. The van der Waals surface area contributed by atoms with E-state index in [2.05, 4.69) is 40.1 Å². The van der Waals surface area contributed by atoms with Crippen molar-refractivity contribution in [2.75, 3.05) is 39.8 Å². The second kappa shape index (κ2) is 9.40. The van der Waals surface area contributed by atoms with Gasteiger partial charge in [-0.25, -0.2) is 0 Å². The lowest BCUT2D eigenvalue weighted by Gasteiger charge is -2.34. The van der Waals surface area contributed by atoms with E-state index in [9.17, 15) is 4.79 Å². The summed E-state index contributed by atoms with van der Waals surface area (Å²) in [5.41, 5.74) is 3.22. The number of amides is 1. The van der Waals surface area contributed by atoms with E-state index in [1.54, 1.807) is 7.11 Å². The second-order valence-electron chi connectivity index (χ2n) is 8.19. The van der Waals surface area contributed by atoms with Crippen molar-refractivity contribution in [2.24, 2.45) is 0 Å². The molecule has 1 aromatic heterocycles. The number of carbonyl (C=O) groups is 1. The molecule has 2 aliphatic heterocycles. The van der Waals surface area contributed by atoms with Gasteiger partial charge in [-0.2, -0.15) is 0 Å². The van der Waals surface area contributed by atoms with Crippen molar-refractivity contribution in [1.29, 1.82) is 0 Å². The quantitative estimate of drug-likeness (QED) is 0.772. The Morgan fingerprint density at radius 3 is 2.59 bits per heavy atom. The Balaban J connectivity index is 1.41. The summed E-state index contributed by atoms with van der Waals surface area (Å²) in [6.07, 6.45) is 5.80. The summed E-state index contributed by atoms with van der Waals surface area (Å²) in [7, 11) is 1.68. The van der Waals surface area contributed by atoms with Crippen LogP contribution in [-0.2, 0) is 4.79 Å². The maximum atomic E-state index is 12.7. The maximum absolute atomic E-state index is 12.7. The average molecular weight is 394 g/mol. The Kier molecular flexibility index (Phi) is 6.45. The number of ether oxygens (including phenoxy) is 1. The molecule has 5 nitrogen and oxygen atoms in total. The monoisotopic (exact) mass is 393 g/mol. The van der Waals surface area contributed by atoms with Crippen LogP contribution in [0.5, 0.6) is 5.75 Å². The van der Waals surface area contributed by atoms with Crippen LogP contribution in [0, 0.1) is 0 Å². The first-order valence-corrected chi connectivity index (χ1v) is 10.8. The number of likely N-dealkylation sites (tertiary alicyclic amines) is 2. The van der Waals surface area contributed by atoms with Crippen molar-refractivity contribution >= 4 is 5.91 Å². The van der Waals surface area contributed by atoms with Gasteiger partial charge >= 0.3 is 0 Å². The summed E-state index contributed by atoms with van der Waals surface area (Å²) in [6, 6.07) is 14.3. The van der Waals surface area contributed by atoms with Crippen molar-refractivity contribution in [1.82, 2.24) is 14.8 Å². The Morgan fingerprint density at radius 2 is 1.83 bits per heavy atom. The normalized spacial score (nSPS) is 20.4. The molecule has 4 rings (SSSR count). The van der Waals surface area contributed by atoms with Crippen LogP contribution in [0.4, 0.5) is 0 Å². The summed E-state index contributed by atoms with van der Waals surface area (Å²) in [4.78, 5) is 22.0. The van der Waals surface area contributed by atoms with Crippen LogP contribution in [-0.4, -0.2) is 60.5 Å². The highest BCUT2D eigenvalue weighted by molar-refractivity contribution is 5.78. The zero-order valence-electron chi connectivity index (χ0n) is 17.3. The molecule has 29 heavy (non-hydrogen) atoms. The van der Waals surface area contributed by atoms with E-state index < -0.39 is 0 Å². The molecular formula is C24H31N3O2. The van der Waals surface area contributed by atoms with Crippen LogP contribution in [0.3, 0.4) is 0 Å². The molecule has 5 heteroatoms. The molecule has 2 saturated heterocycles. The highest BCUT2D eigenvalue weighted by Crippen LogP contribution is 2.28. The van der Waals surface area contributed by atoms with Crippen molar-refractivity contribution in [2.45, 2.75) is 38.0 Å². The van der Waals surface area contributed by atoms with Crippen molar-refractivity contribution in [3.8, 4) is 17.0 Å². The Labute approximate surface area is 173 Å². The lowest BCUT2D eigenvalue weighted by molar-refractivity contribution is -0.133. The number of nitrogens with zero attached hydrogens (tertiary/aromatic N) is 3. The van der Waals surface area contributed by atoms with Crippen molar-refractivity contribution < 1.29 is 9.53 Å². The van der Waals surface area contributed by atoms with E-state index in [4.69, 9.17) is 9.72 Å². The fraction of sp³-hybridized carbons (Fsp3) is 0.500. The molecule has 0 bridgehead atoms. The van der Waals surface area contributed by atoms with E-state index in [1.165, 1.54) is 6.42 Å². The van der Waals surface area contributed by atoms with Crippen LogP contribution < -0.4 is 4.74 Å². The summed E-state index contributed by atoms with van der Waals surface area (Å²) < 4.78 is 5.25. The number of piperidine rings is 2. The molecule has 1 amide bonds. The third kappa shape index (κ3) is 4.96. The van der Waals surface area contributed by atoms with Gasteiger partial charge < -0.3 is 9.64 Å². The largest absolute Gasteiger partial charge is 0.497 e. The smallest absolute Gasteiger partial charge is 0.236 e. The van der Waals surface area contributed by atoms with Gasteiger partial charge in [0, 0.05) is 36.8 Å². The van der Waals surface area contributed by atoms with Gasteiger partial charge in [-0.1, -0.05) is 6.07 Å². The highest BCUT2D eigenvalue weighted by Gasteiger charge is 2.26. The number of methoxy groups -OCH3 is 1. The number of pyridine rings is 1. The Hall–Kier alpha value is -2.40. The first kappa shape index (κ1) is 19.9. The standard InChI is InChI=1S/C24H31N3O2/c1-29-21-12-10-19(11-13-21)22-8-5-9-23(25-22)20-7-6-14-26(17-20)18-24(28)27-15-3-2-4-16-27/h5,8-13,20H,2-4,6-7,14-18H2,1H3/t20-/m1/s1. The minimum Gasteiger partial charge on any atom is -0.497 e. The first-order valence-electron chi connectivity index (χ1n) is 10.8. The molecule has 0 aliphatic carbocycles. The van der Waals surface area contributed by atoms with Crippen molar-refractivity contribution in [3.05, 3.63) is 48.2 Å². The molecule has 2 aromatic rings. The minimum absolute atomic E-state index is 0.297. The molecule has 154 valence electrons. The average Bonchev–Trinajstić information content (AvgIpc) is 2.80. The third-order valence-electron chi connectivity index (χ3n) is 6.15. The van der Waals surface area contributed by atoms with Gasteiger partial charge in [0.1, 0.15) is 5.75 Å². The minimum atomic E-state index is 0.297. The SMILES string of the molecule is COc1ccc(-c2cccc([C@@H]3CCCN(CC(=O)N4CCCCC4)C3)n2)cc1. The zero-order valence-corrected chi connectivity index (χ0v) is 17.3. The van der Waals surface area contributed by atoms with Crippen LogP contribution in [0.25, 0.3) is 11.3 Å². The molecule has 1 atom stereocenters. The molecule has 3 heterocycles. The van der Waals surface area contributed by atoms with E-state index in [1.807, 2.05) is 12.1 Å². The molecule has 2 fully saturated rings. The van der Waals surface area contributed by atoms with Gasteiger partial charge in [0.15, 0.2) is 0 Å². The van der Waals surface area contributed by atoms with Gasteiger partial charge in [-0.3, -0.25) is 14.7 Å². The molecule has 2 aliphatic rings. The number of benzene rings is 1. The van der Waals surface area contributed by atoms with E-state index in [0.29, 0.717) is 18.4 Å². The maximum Gasteiger partial charge on any atom is 0.236 e. The van der Waals surface area contributed by atoms with E-state index >= 15 is 0 Å². The fourth-order valence-corrected chi connectivity index (χ4v) is 4.48. The fourth-order valence-electron chi connectivity index (χ4n) is 4.48. The van der Waals surface area contributed by atoms with Crippen LogP contribution in [0.1, 0.15) is 43.7 Å². The molecular weight excluding hydrogens is 362 g/mol. The lowest BCUT2D eigenvalue weighted by Crippen LogP contribution is -2.45. The Morgan fingerprint density at radius 1 is 1.03 bits per heavy atom. The predicted molar refractivity (Wildman–Crippen MR) is 115 cm³/mol. The number of carbonyl (C=O) groups excluding carboxylic acids is 1. The molecule has 0 radical (unpaired) electrons.